The van der Waals surface area contributed by atoms with E-state index in [1.54, 1.807) is 12.3 Å². The van der Waals surface area contributed by atoms with E-state index in [0.717, 1.165) is 21.5 Å². The number of aromatic nitrogens is 1. The van der Waals surface area contributed by atoms with Crippen molar-refractivity contribution in [1.29, 1.82) is 0 Å². The molecule has 0 unspecified atom stereocenters. The third-order valence-electron chi connectivity index (χ3n) is 4.08. The zero-order chi connectivity index (χ0) is 17.4. The molecule has 1 aromatic heterocycles. The van der Waals surface area contributed by atoms with E-state index in [2.05, 4.69) is 15.6 Å². The molecule has 0 bridgehead atoms. The number of nitrogens with one attached hydrogen (secondary N) is 2. The molecule has 0 radical (unpaired) electrons. The minimum atomic E-state index is -0.188. The van der Waals surface area contributed by atoms with E-state index < -0.39 is 0 Å². The minimum absolute atomic E-state index is 0.00765. The highest BCUT2D eigenvalue weighted by molar-refractivity contribution is 8.00. The molecular weight excluding hydrogens is 334 g/mol. The van der Waals surface area contributed by atoms with Crippen molar-refractivity contribution < 1.29 is 9.59 Å². The van der Waals surface area contributed by atoms with Gasteiger partial charge in [-0.3, -0.25) is 14.6 Å². The molecule has 124 valence electrons. The predicted octanol–water partition coefficient (Wildman–Crippen LogP) is 3.84. The van der Waals surface area contributed by atoms with Crippen molar-refractivity contribution >= 4 is 45.9 Å². The number of carbonyl (C=O) groups is 2. The first-order valence-electron chi connectivity index (χ1n) is 7.84. The zero-order valence-electron chi connectivity index (χ0n) is 13.5. The van der Waals surface area contributed by atoms with Crippen LogP contribution < -0.4 is 10.6 Å². The highest BCUT2D eigenvalue weighted by Crippen LogP contribution is 2.33. The van der Waals surface area contributed by atoms with E-state index in [-0.39, 0.29) is 11.8 Å². The molecule has 6 heteroatoms. The molecule has 1 aliphatic rings. The van der Waals surface area contributed by atoms with Crippen molar-refractivity contribution in [3.05, 3.63) is 59.8 Å². The number of rotatable bonds is 2. The van der Waals surface area contributed by atoms with E-state index >= 15 is 0 Å². The lowest BCUT2D eigenvalue weighted by atomic mass is 10.0. The van der Waals surface area contributed by atoms with Gasteiger partial charge >= 0.3 is 0 Å². The molecule has 0 atom stereocenters. The monoisotopic (exact) mass is 349 g/mol. The second kappa shape index (κ2) is 6.22. The van der Waals surface area contributed by atoms with Crippen LogP contribution in [0.25, 0.3) is 10.9 Å². The molecule has 25 heavy (non-hydrogen) atoms. The standard InChI is InChI=1S/C19H15N3O2S/c1-11-4-5-12-3-2-8-20-18(12)17(11)19(24)21-13-6-7-14-15(9-13)25-10-16(23)22-14/h2-9H,10H2,1H3,(H,21,24)(H,22,23). The summed E-state index contributed by atoms with van der Waals surface area (Å²) >= 11 is 1.46. The van der Waals surface area contributed by atoms with Crippen LogP contribution in [0.5, 0.6) is 0 Å². The first kappa shape index (κ1) is 15.7. The summed E-state index contributed by atoms with van der Waals surface area (Å²) in [6, 6.07) is 13.2. The topological polar surface area (TPSA) is 71.1 Å². The molecule has 4 rings (SSSR count). The maximum absolute atomic E-state index is 12.8. The van der Waals surface area contributed by atoms with Gasteiger partial charge in [0.25, 0.3) is 5.91 Å². The van der Waals surface area contributed by atoms with E-state index in [4.69, 9.17) is 0 Å². The zero-order valence-corrected chi connectivity index (χ0v) is 14.3. The van der Waals surface area contributed by atoms with Crippen LogP contribution >= 0.6 is 11.8 Å². The highest BCUT2D eigenvalue weighted by atomic mass is 32.2. The van der Waals surface area contributed by atoms with Gasteiger partial charge in [-0.15, -0.1) is 11.8 Å². The van der Waals surface area contributed by atoms with Crippen LogP contribution in [0.15, 0.2) is 53.6 Å². The maximum atomic E-state index is 12.8. The van der Waals surface area contributed by atoms with Crippen LogP contribution in [-0.2, 0) is 4.79 Å². The molecule has 1 aliphatic heterocycles. The Morgan fingerprint density at radius 2 is 2.12 bits per heavy atom. The SMILES string of the molecule is Cc1ccc2cccnc2c1C(=O)Nc1ccc2c(c1)SCC(=O)N2. The number of nitrogens with zero attached hydrogens (tertiary/aromatic N) is 1. The molecule has 0 fully saturated rings. The molecule has 0 spiro atoms. The molecular formula is C19H15N3O2S. The Morgan fingerprint density at radius 1 is 1.24 bits per heavy atom. The molecule has 2 heterocycles. The summed E-state index contributed by atoms with van der Waals surface area (Å²) in [5.41, 5.74) is 3.63. The van der Waals surface area contributed by atoms with Crippen molar-refractivity contribution in [2.75, 3.05) is 16.4 Å². The summed E-state index contributed by atoms with van der Waals surface area (Å²) in [5.74, 6) is 0.190. The Labute approximate surface area is 148 Å². The highest BCUT2D eigenvalue weighted by Gasteiger charge is 2.18. The average molecular weight is 349 g/mol. The van der Waals surface area contributed by atoms with E-state index in [0.29, 0.717) is 22.5 Å². The van der Waals surface area contributed by atoms with Crippen LogP contribution in [-0.4, -0.2) is 22.6 Å². The number of benzene rings is 2. The third-order valence-corrected chi connectivity index (χ3v) is 5.14. The summed E-state index contributed by atoms with van der Waals surface area (Å²) in [6.07, 6.45) is 1.69. The van der Waals surface area contributed by atoms with Gasteiger partial charge in [-0.25, -0.2) is 0 Å². The predicted molar refractivity (Wildman–Crippen MR) is 100 cm³/mol. The van der Waals surface area contributed by atoms with Gasteiger partial charge in [0.2, 0.25) is 5.91 Å². The molecule has 5 nitrogen and oxygen atoms in total. The second-order valence-corrected chi connectivity index (χ2v) is 6.85. The number of amides is 2. The first-order valence-corrected chi connectivity index (χ1v) is 8.83. The van der Waals surface area contributed by atoms with Gasteiger partial charge in [-0.2, -0.15) is 0 Å². The number of fused-ring (bicyclic) bond motifs is 2. The van der Waals surface area contributed by atoms with Gasteiger partial charge in [-0.05, 0) is 36.8 Å². The molecule has 0 saturated carbocycles. The Morgan fingerprint density at radius 3 is 3.00 bits per heavy atom. The van der Waals surface area contributed by atoms with Gasteiger partial charge in [-0.1, -0.05) is 18.2 Å². The van der Waals surface area contributed by atoms with Crippen molar-refractivity contribution in [1.82, 2.24) is 4.98 Å². The van der Waals surface area contributed by atoms with Crippen LogP contribution in [0.1, 0.15) is 15.9 Å². The number of hydrogen-bond donors (Lipinski definition) is 2. The summed E-state index contributed by atoms with van der Waals surface area (Å²) in [5, 5.41) is 6.70. The van der Waals surface area contributed by atoms with Crippen LogP contribution in [0.4, 0.5) is 11.4 Å². The number of pyridine rings is 1. The second-order valence-electron chi connectivity index (χ2n) is 5.83. The van der Waals surface area contributed by atoms with Crippen molar-refractivity contribution in [3.8, 4) is 0 Å². The Hall–Kier alpha value is -2.86. The molecule has 0 saturated heterocycles. The summed E-state index contributed by atoms with van der Waals surface area (Å²) in [4.78, 5) is 29.6. The fourth-order valence-electron chi connectivity index (χ4n) is 2.88. The van der Waals surface area contributed by atoms with Crippen molar-refractivity contribution in [3.63, 3.8) is 0 Å². The largest absolute Gasteiger partial charge is 0.324 e. The molecule has 2 N–H and O–H groups in total. The average Bonchev–Trinajstić information content (AvgIpc) is 2.61. The molecule has 2 amide bonds. The lowest BCUT2D eigenvalue weighted by Gasteiger charge is -2.17. The van der Waals surface area contributed by atoms with Crippen LogP contribution in [0, 0.1) is 6.92 Å². The lowest BCUT2D eigenvalue weighted by molar-refractivity contribution is -0.113. The van der Waals surface area contributed by atoms with Gasteiger partial charge in [0.15, 0.2) is 0 Å². The molecule has 3 aromatic rings. The normalized spacial score (nSPS) is 13.2. The first-order chi connectivity index (χ1) is 12.1. The Kier molecular flexibility index (Phi) is 3.89. The van der Waals surface area contributed by atoms with Gasteiger partial charge < -0.3 is 10.6 Å². The molecule has 2 aromatic carbocycles. The summed E-state index contributed by atoms with van der Waals surface area (Å²) < 4.78 is 0. The minimum Gasteiger partial charge on any atom is -0.324 e. The fourth-order valence-corrected chi connectivity index (χ4v) is 3.72. The summed E-state index contributed by atoms with van der Waals surface area (Å²) in [7, 11) is 0. The van der Waals surface area contributed by atoms with Gasteiger partial charge in [0.1, 0.15) is 0 Å². The number of anilines is 2. The van der Waals surface area contributed by atoms with Gasteiger partial charge in [0.05, 0.1) is 22.5 Å². The summed E-state index contributed by atoms with van der Waals surface area (Å²) in [6.45, 7) is 1.90. The number of carbonyl (C=O) groups excluding carboxylic acids is 2. The van der Waals surface area contributed by atoms with Crippen molar-refractivity contribution in [2.24, 2.45) is 0 Å². The Balaban J connectivity index is 1.67. The smallest absolute Gasteiger partial charge is 0.258 e. The number of aryl methyl sites for hydroxylation is 1. The Bertz CT molecular complexity index is 1020. The van der Waals surface area contributed by atoms with E-state index in [1.165, 1.54) is 11.8 Å². The third kappa shape index (κ3) is 2.96. The van der Waals surface area contributed by atoms with Crippen LogP contribution in [0.2, 0.25) is 0 Å². The number of thioether (sulfide) groups is 1. The van der Waals surface area contributed by atoms with E-state index in [1.807, 2.05) is 43.3 Å². The molecule has 0 aliphatic carbocycles. The quantitative estimate of drug-likeness (QED) is 0.737. The van der Waals surface area contributed by atoms with Crippen LogP contribution in [0.3, 0.4) is 0 Å². The van der Waals surface area contributed by atoms with E-state index in [9.17, 15) is 9.59 Å². The van der Waals surface area contributed by atoms with Crippen molar-refractivity contribution in [2.45, 2.75) is 11.8 Å². The van der Waals surface area contributed by atoms with Gasteiger partial charge in [0, 0.05) is 22.2 Å². The fraction of sp³-hybridized carbons (Fsp3) is 0.105. The lowest BCUT2D eigenvalue weighted by Crippen LogP contribution is -2.19. The number of hydrogen-bond acceptors (Lipinski definition) is 4. The maximum Gasteiger partial charge on any atom is 0.258 e.